The predicted molar refractivity (Wildman–Crippen MR) is 68.2 cm³/mol. The minimum absolute atomic E-state index is 0.105. The average molecular weight is 298 g/mol. The standard InChI is InChI=1S/C14H13F3N2O2/c15-14(16,17)13(21)6-7-18-19(13)12(20)11-8-10(11)9-4-2-1-3-5-9/h1-5,7,10-11,21H,6,8H2/t10-,11+,13+/m0/s1. The molecule has 1 N–H and O–H groups in total. The molecule has 0 saturated heterocycles. The van der Waals surface area contributed by atoms with Crippen molar-refractivity contribution in [3.63, 3.8) is 0 Å². The lowest BCUT2D eigenvalue weighted by Gasteiger charge is -2.32. The Balaban J connectivity index is 1.77. The summed E-state index contributed by atoms with van der Waals surface area (Å²) in [6.07, 6.45) is -4.27. The first-order chi connectivity index (χ1) is 9.84. The van der Waals surface area contributed by atoms with E-state index in [4.69, 9.17) is 0 Å². The van der Waals surface area contributed by atoms with Crippen LogP contribution in [-0.2, 0) is 4.79 Å². The Bertz CT molecular complexity index is 588. The summed E-state index contributed by atoms with van der Waals surface area (Å²) in [4.78, 5) is 12.2. The summed E-state index contributed by atoms with van der Waals surface area (Å²) in [5.41, 5.74) is -2.30. The van der Waals surface area contributed by atoms with Crippen molar-refractivity contribution in [2.45, 2.75) is 30.7 Å². The maximum absolute atomic E-state index is 12.9. The van der Waals surface area contributed by atoms with Crippen LogP contribution in [0, 0.1) is 5.92 Å². The summed E-state index contributed by atoms with van der Waals surface area (Å²) >= 11 is 0. The molecule has 1 heterocycles. The molecule has 21 heavy (non-hydrogen) atoms. The fraction of sp³-hybridized carbons (Fsp3) is 0.429. The molecule has 1 fully saturated rings. The first kappa shape index (κ1) is 14.1. The molecule has 0 spiro atoms. The van der Waals surface area contributed by atoms with E-state index >= 15 is 0 Å². The molecule has 1 amide bonds. The fourth-order valence-corrected chi connectivity index (χ4v) is 2.60. The van der Waals surface area contributed by atoms with E-state index in [1.165, 1.54) is 0 Å². The SMILES string of the molecule is O=C([C@@H]1C[C@H]1c1ccccc1)N1N=CC[C@@]1(O)C(F)(F)F. The van der Waals surface area contributed by atoms with Gasteiger partial charge in [0.05, 0.1) is 0 Å². The van der Waals surface area contributed by atoms with Gasteiger partial charge in [0.2, 0.25) is 5.91 Å². The zero-order chi connectivity index (χ0) is 15.3. The lowest BCUT2D eigenvalue weighted by atomic mass is 10.1. The van der Waals surface area contributed by atoms with Crippen molar-refractivity contribution in [2.24, 2.45) is 11.0 Å². The van der Waals surface area contributed by atoms with Crippen molar-refractivity contribution in [3.8, 4) is 0 Å². The second kappa shape index (κ2) is 4.56. The molecule has 1 aliphatic carbocycles. The van der Waals surface area contributed by atoms with Crippen molar-refractivity contribution in [2.75, 3.05) is 0 Å². The molecule has 1 aromatic rings. The van der Waals surface area contributed by atoms with Crippen LogP contribution in [0.25, 0.3) is 0 Å². The number of carbonyl (C=O) groups is 1. The summed E-state index contributed by atoms with van der Waals surface area (Å²) in [5.74, 6) is -1.44. The molecule has 3 rings (SSSR count). The number of benzene rings is 1. The third-order valence-electron chi connectivity index (χ3n) is 3.92. The van der Waals surface area contributed by atoms with Crippen LogP contribution in [0.1, 0.15) is 24.3 Å². The van der Waals surface area contributed by atoms with Crippen molar-refractivity contribution in [1.29, 1.82) is 0 Å². The third kappa shape index (κ3) is 2.21. The molecule has 1 saturated carbocycles. The smallest absolute Gasteiger partial charge is 0.362 e. The fourth-order valence-electron chi connectivity index (χ4n) is 2.60. The van der Waals surface area contributed by atoms with Gasteiger partial charge in [-0.25, -0.2) is 0 Å². The van der Waals surface area contributed by atoms with Crippen LogP contribution in [0.4, 0.5) is 13.2 Å². The Morgan fingerprint density at radius 3 is 2.62 bits per heavy atom. The summed E-state index contributed by atoms with van der Waals surface area (Å²) < 4.78 is 38.8. The number of hydrogen-bond acceptors (Lipinski definition) is 3. The molecule has 2 aliphatic rings. The number of hydrogen-bond donors (Lipinski definition) is 1. The van der Waals surface area contributed by atoms with Crippen LogP contribution in [-0.4, -0.2) is 34.1 Å². The minimum atomic E-state index is -4.93. The Morgan fingerprint density at radius 2 is 2.00 bits per heavy atom. The van der Waals surface area contributed by atoms with Crippen molar-refractivity contribution < 1.29 is 23.1 Å². The molecule has 112 valence electrons. The molecule has 1 aliphatic heterocycles. The number of hydrazone groups is 1. The number of rotatable bonds is 2. The van der Waals surface area contributed by atoms with E-state index in [-0.39, 0.29) is 10.9 Å². The molecular formula is C14H13F3N2O2. The van der Waals surface area contributed by atoms with Gasteiger partial charge in [0.1, 0.15) is 0 Å². The summed E-state index contributed by atoms with van der Waals surface area (Å²) in [7, 11) is 0. The quantitative estimate of drug-likeness (QED) is 0.910. The highest BCUT2D eigenvalue weighted by molar-refractivity contribution is 5.85. The van der Waals surface area contributed by atoms with Crippen LogP contribution in [0.2, 0.25) is 0 Å². The topological polar surface area (TPSA) is 52.9 Å². The second-order valence-electron chi connectivity index (χ2n) is 5.33. The zero-order valence-corrected chi connectivity index (χ0v) is 10.9. The minimum Gasteiger partial charge on any atom is -0.362 e. The zero-order valence-electron chi connectivity index (χ0n) is 10.9. The van der Waals surface area contributed by atoms with Gasteiger partial charge in [0, 0.05) is 18.6 Å². The van der Waals surface area contributed by atoms with E-state index in [1.807, 2.05) is 30.3 Å². The van der Waals surface area contributed by atoms with Crippen LogP contribution in [0.3, 0.4) is 0 Å². The number of halogens is 3. The van der Waals surface area contributed by atoms with Gasteiger partial charge in [0.25, 0.3) is 5.72 Å². The van der Waals surface area contributed by atoms with Crippen molar-refractivity contribution in [3.05, 3.63) is 35.9 Å². The van der Waals surface area contributed by atoms with E-state index in [1.54, 1.807) is 0 Å². The van der Waals surface area contributed by atoms with Gasteiger partial charge in [-0.15, -0.1) is 0 Å². The van der Waals surface area contributed by atoms with E-state index in [9.17, 15) is 23.1 Å². The molecule has 1 aromatic carbocycles. The number of amides is 1. The Hall–Kier alpha value is -1.89. The van der Waals surface area contributed by atoms with Crippen LogP contribution in [0.15, 0.2) is 35.4 Å². The Morgan fingerprint density at radius 1 is 1.33 bits per heavy atom. The maximum atomic E-state index is 12.9. The van der Waals surface area contributed by atoms with Gasteiger partial charge in [-0.1, -0.05) is 30.3 Å². The summed E-state index contributed by atoms with van der Waals surface area (Å²) in [6, 6.07) is 9.13. The highest BCUT2D eigenvalue weighted by atomic mass is 19.4. The van der Waals surface area contributed by atoms with Crippen molar-refractivity contribution in [1.82, 2.24) is 5.01 Å². The summed E-state index contributed by atoms with van der Waals surface area (Å²) in [6.45, 7) is 0. The van der Waals surface area contributed by atoms with Gasteiger partial charge in [-0.3, -0.25) is 4.79 Å². The Labute approximate surface area is 118 Å². The lowest BCUT2D eigenvalue weighted by Crippen LogP contribution is -2.56. The first-order valence-electron chi connectivity index (χ1n) is 6.55. The van der Waals surface area contributed by atoms with Gasteiger partial charge >= 0.3 is 6.18 Å². The molecular weight excluding hydrogens is 285 g/mol. The second-order valence-corrected chi connectivity index (χ2v) is 5.33. The third-order valence-corrected chi connectivity index (χ3v) is 3.92. The van der Waals surface area contributed by atoms with Crippen LogP contribution >= 0.6 is 0 Å². The van der Waals surface area contributed by atoms with E-state index < -0.39 is 30.1 Å². The van der Waals surface area contributed by atoms with Crippen molar-refractivity contribution >= 4 is 12.1 Å². The van der Waals surface area contributed by atoms with Crippen LogP contribution in [0.5, 0.6) is 0 Å². The highest BCUT2D eigenvalue weighted by Gasteiger charge is 2.63. The maximum Gasteiger partial charge on any atom is 0.438 e. The monoisotopic (exact) mass is 298 g/mol. The predicted octanol–water partition coefficient (Wildman–Crippen LogP) is 2.26. The van der Waals surface area contributed by atoms with Gasteiger partial charge in [-0.2, -0.15) is 23.3 Å². The number of alkyl halides is 3. The molecule has 0 radical (unpaired) electrons. The molecule has 0 bridgehead atoms. The summed E-state index contributed by atoms with van der Waals surface area (Å²) in [5, 5.41) is 13.4. The largest absolute Gasteiger partial charge is 0.438 e. The highest BCUT2D eigenvalue weighted by Crippen LogP contribution is 2.50. The first-order valence-corrected chi connectivity index (χ1v) is 6.55. The molecule has 0 aromatic heterocycles. The van der Waals surface area contributed by atoms with E-state index in [0.717, 1.165) is 11.8 Å². The molecule has 7 heteroatoms. The number of carbonyl (C=O) groups excluding carboxylic acids is 1. The normalized spacial score (nSPS) is 31.5. The molecule has 0 unspecified atom stereocenters. The number of nitrogens with zero attached hydrogens (tertiary/aromatic N) is 2. The number of aliphatic hydroxyl groups is 1. The molecule has 4 nitrogen and oxygen atoms in total. The average Bonchev–Trinajstić information content (AvgIpc) is 3.14. The lowest BCUT2D eigenvalue weighted by molar-refractivity contribution is -0.302. The van der Waals surface area contributed by atoms with Crippen LogP contribution < -0.4 is 0 Å². The van der Waals surface area contributed by atoms with E-state index in [0.29, 0.717) is 6.42 Å². The van der Waals surface area contributed by atoms with Gasteiger partial charge in [-0.05, 0) is 17.9 Å². The van der Waals surface area contributed by atoms with Gasteiger partial charge in [0.15, 0.2) is 0 Å². The molecule has 3 atom stereocenters. The Kier molecular flexibility index (Phi) is 3.05. The van der Waals surface area contributed by atoms with Gasteiger partial charge < -0.3 is 5.11 Å². The van der Waals surface area contributed by atoms with E-state index in [2.05, 4.69) is 5.10 Å².